The molecule has 0 saturated heterocycles. The Bertz CT molecular complexity index is 412. The molecule has 2 nitrogen and oxygen atoms in total. The highest BCUT2D eigenvalue weighted by molar-refractivity contribution is 6.31. The van der Waals surface area contributed by atoms with Crippen molar-refractivity contribution in [2.24, 2.45) is 0 Å². The molecule has 0 aliphatic rings. The average Bonchev–Trinajstić information content (AvgIpc) is 2.20. The van der Waals surface area contributed by atoms with E-state index in [2.05, 4.69) is 5.32 Å². The molecule has 1 aromatic rings. The van der Waals surface area contributed by atoms with Crippen LogP contribution in [0.5, 0.6) is 0 Å². The molecule has 17 heavy (non-hydrogen) atoms. The zero-order valence-corrected chi connectivity index (χ0v) is 11.1. The van der Waals surface area contributed by atoms with E-state index >= 15 is 0 Å². The van der Waals surface area contributed by atoms with Crippen molar-refractivity contribution in [3.63, 3.8) is 0 Å². The molecule has 1 N–H and O–H groups in total. The van der Waals surface area contributed by atoms with Crippen molar-refractivity contribution in [2.75, 3.05) is 6.54 Å². The summed E-state index contributed by atoms with van der Waals surface area (Å²) in [5.74, 6) is -0.381. The van der Waals surface area contributed by atoms with Gasteiger partial charge in [-0.2, -0.15) is 0 Å². The quantitative estimate of drug-likeness (QED) is 0.899. The molecule has 0 radical (unpaired) electrons. The van der Waals surface area contributed by atoms with Crippen molar-refractivity contribution in [1.29, 1.82) is 0 Å². The number of benzene rings is 1. The van der Waals surface area contributed by atoms with Crippen molar-refractivity contribution >= 4 is 17.4 Å². The highest BCUT2D eigenvalue weighted by Gasteiger charge is 2.13. The Kier molecular flexibility index (Phi) is 4.66. The van der Waals surface area contributed by atoms with E-state index in [0.717, 1.165) is 0 Å². The van der Waals surface area contributed by atoms with E-state index in [9.17, 15) is 9.18 Å². The number of carbonyl (C=O) groups excluding carboxylic acids is 1. The second kappa shape index (κ2) is 5.61. The van der Waals surface area contributed by atoms with Gasteiger partial charge in [0.05, 0.1) is 6.54 Å². The minimum Gasteiger partial charge on any atom is -0.305 e. The van der Waals surface area contributed by atoms with Crippen LogP contribution in [0.15, 0.2) is 18.2 Å². The van der Waals surface area contributed by atoms with Crippen LogP contribution in [0.4, 0.5) is 4.39 Å². The van der Waals surface area contributed by atoms with Gasteiger partial charge in [-0.15, -0.1) is 0 Å². The van der Waals surface area contributed by atoms with Gasteiger partial charge in [0.2, 0.25) is 0 Å². The first kappa shape index (κ1) is 14.1. The number of halogens is 2. The monoisotopic (exact) mass is 257 g/mol. The van der Waals surface area contributed by atoms with E-state index in [1.807, 2.05) is 20.8 Å². The Hall–Kier alpha value is -0.930. The Morgan fingerprint density at radius 1 is 1.41 bits per heavy atom. The summed E-state index contributed by atoms with van der Waals surface area (Å²) >= 11 is 5.89. The van der Waals surface area contributed by atoms with Gasteiger partial charge < -0.3 is 5.32 Å². The molecule has 0 fully saturated rings. The number of rotatable bonds is 4. The molecule has 0 amide bonds. The standard InChI is InChI=1S/C13H17ClFNO/c1-13(2,3)16-8-11(17)7-9-6-10(15)4-5-12(9)14/h4-6,16H,7-8H2,1-3H3. The van der Waals surface area contributed by atoms with Gasteiger partial charge in [-0.25, -0.2) is 4.39 Å². The summed E-state index contributed by atoms with van der Waals surface area (Å²) in [7, 11) is 0. The summed E-state index contributed by atoms with van der Waals surface area (Å²) in [6, 6.07) is 4.05. The molecule has 0 spiro atoms. The first-order chi connectivity index (χ1) is 7.78. The van der Waals surface area contributed by atoms with Crippen LogP contribution in [0.3, 0.4) is 0 Å². The third-order valence-electron chi connectivity index (χ3n) is 2.21. The van der Waals surface area contributed by atoms with Crippen LogP contribution in [0.25, 0.3) is 0 Å². The molecular formula is C13H17ClFNO. The summed E-state index contributed by atoms with van der Waals surface area (Å²) in [6.07, 6.45) is 0.152. The maximum atomic E-state index is 13.0. The predicted molar refractivity (Wildman–Crippen MR) is 67.9 cm³/mol. The molecule has 0 heterocycles. The van der Waals surface area contributed by atoms with E-state index in [0.29, 0.717) is 10.6 Å². The van der Waals surface area contributed by atoms with Gasteiger partial charge in [-0.05, 0) is 44.5 Å². The minimum atomic E-state index is -0.374. The van der Waals surface area contributed by atoms with Crippen LogP contribution >= 0.6 is 11.6 Å². The number of Topliss-reactive ketones (excluding diaryl/α,β-unsaturated/α-hetero) is 1. The smallest absolute Gasteiger partial charge is 0.151 e. The molecule has 0 aromatic heterocycles. The first-order valence-electron chi connectivity index (χ1n) is 5.48. The fourth-order valence-electron chi connectivity index (χ4n) is 1.32. The molecule has 4 heteroatoms. The molecule has 0 saturated carbocycles. The van der Waals surface area contributed by atoms with Gasteiger partial charge in [0.25, 0.3) is 0 Å². The maximum absolute atomic E-state index is 13.0. The highest BCUT2D eigenvalue weighted by Crippen LogP contribution is 2.17. The van der Waals surface area contributed by atoms with Crippen molar-refractivity contribution < 1.29 is 9.18 Å². The van der Waals surface area contributed by atoms with Crippen molar-refractivity contribution in [2.45, 2.75) is 32.7 Å². The van der Waals surface area contributed by atoms with E-state index in [4.69, 9.17) is 11.6 Å². The lowest BCUT2D eigenvalue weighted by Gasteiger charge is -2.19. The Labute approximate surface area is 106 Å². The minimum absolute atomic E-state index is 0.00701. The fourth-order valence-corrected chi connectivity index (χ4v) is 1.50. The molecule has 0 unspecified atom stereocenters. The zero-order valence-electron chi connectivity index (χ0n) is 10.3. The van der Waals surface area contributed by atoms with Crippen LogP contribution < -0.4 is 5.32 Å². The SMILES string of the molecule is CC(C)(C)NCC(=O)Cc1cc(F)ccc1Cl. The highest BCUT2D eigenvalue weighted by atomic mass is 35.5. The third-order valence-corrected chi connectivity index (χ3v) is 2.58. The fraction of sp³-hybridized carbons (Fsp3) is 0.462. The lowest BCUT2D eigenvalue weighted by molar-refractivity contribution is -0.117. The van der Waals surface area contributed by atoms with Gasteiger partial charge in [0.15, 0.2) is 5.78 Å². The average molecular weight is 258 g/mol. The van der Waals surface area contributed by atoms with E-state index in [1.165, 1.54) is 18.2 Å². The number of hydrogen-bond acceptors (Lipinski definition) is 2. The van der Waals surface area contributed by atoms with Gasteiger partial charge >= 0.3 is 0 Å². The van der Waals surface area contributed by atoms with Crippen LogP contribution in [0.1, 0.15) is 26.3 Å². The Balaban J connectivity index is 2.59. The molecular weight excluding hydrogens is 241 g/mol. The normalized spacial score (nSPS) is 11.6. The van der Waals surface area contributed by atoms with E-state index < -0.39 is 0 Å². The van der Waals surface area contributed by atoms with Gasteiger partial charge in [0, 0.05) is 17.0 Å². The van der Waals surface area contributed by atoms with Gasteiger partial charge in [-0.1, -0.05) is 11.6 Å². The van der Waals surface area contributed by atoms with Gasteiger partial charge in [-0.3, -0.25) is 4.79 Å². The van der Waals surface area contributed by atoms with Crippen molar-refractivity contribution in [3.05, 3.63) is 34.6 Å². The zero-order chi connectivity index (χ0) is 13.1. The van der Waals surface area contributed by atoms with Gasteiger partial charge in [0.1, 0.15) is 5.82 Å². The molecule has 0 aliphatic carbocycles. The number of hydrogen-bond donors (Lipinski definition) is 1. The molecule has 1 rings (SSSR count). The molecule has 1 aromatic carbocycles. The lowest BCUT2D eigenvalue weighted by atomic mass is 10.1. The second-order valence-electron chi connectivity index (χ2n) is 5.05. The summed E-state index contributed by atoms with van der Waals surface area (Å²) in [5, 5.41) is 3.52. The lowest BCUT2D eigenvalue weighted by Crippen LogP contribution is -2.39. The molecule has 94 valence electrons. The van der Waals surface area contributed by atoms with E-state index in [1.54, 1.807) is 0 Å². The summed E-state index contributed by atoms with van der Waals surface area (Å²) in [6.45, 7) is 6.21. The number of nitrogens with one attached hydrogen (secondary N) is 1. The van der Waals surface area contributed by atoms with Crippen LogP contribution in [-0.4, -0.2) is 17.9 Å². The summed E-state index contributed by atoms with van der Waals surface area (Å²) in [4.78, 5) is 11.7. The number of ketones is 1. The largest absolute Gasteiger partial charge is 0.305 e. The molecule has 0 atom stereocenters. The van der Waals surface area contributed by atoms with Crippen LogP contribution in [0, 0.1) is 5.82 Å². The first-order valence-corrected chi connectivity index (χ1v) is 5.86. The second-order valence-corrected chi connectivity index (χ2v) is 5.46. The third kappa shape index (κ3) is 5.29. The number of carbonyl (C=O) groups is 1. The Morgan fingerprint density at radius 3 is 2.65 bits per heavy atom. The van der Waals surface area contributed by atoms with Crippen molar-refractivity contribution in [3.8, 4) is 0 Å². The Morgan fingerprint density at radius 2 is 2.06 bits per heavy atom. The maximum Gasteiger partial charge on any atom is 0.151 e. The summed E-state index contributed by atoms with van der Waals surface area (Å²) < 4.78 is 13.0. The van der Waals surface area contributed by atoms with E-state index in [-0.39, 0.29) is 30.1 Å². The van der Waals surface area contributed by atoms with Crippen LogP contribution in [0.2, 0.25) is 5.02 Å². The summed E-state index contributed by atoms with van der Waals surface area (Å²) in [5.41, 5.74) is 0.425. The van der Waals surface area contributed by atoms with Crippen LogP contribution in [-0.2, 0) is 11.2 Å². The molecule has 0 bridgehead atoms. The topological polar surface area (TPSA) is 29.1 Å². The predicted octanol–water partition coefficient (Wildman–Crippen LogP) is 2.98. The van der Waals surface area contributed by atoms with Crippen molar-refractivity contribution in [1.82, 2.24) is 5.32 Å². The molecule has 0 aliphatic heterocycles.